The Labute approximate surface area is 85.7 Å². The molecule has 0 aliphatic carbocycles. The predicted molar refractivity (Wildman–Crippen MR) is 53.4 cm³/mol. The fourth-order valence-corrected chi connectivity index (χ4v) is 1.29. The molecule has 2 heterocycles. The molecule has 0 unspecified atom stereocenters. The van der Waals surface area contributed by atoms with Gasteiger partial charge in [-0.1, -0.05) is 0 Å². The Kier molecular flexibility index (Phi) is 2.24. The molecule has 2 aromatic rings. The summed E-state index contributed by atoms with van der Waals surface area (Å²) in [6, 6.07) is 3.31. The van der Waals surface area contributed by atoms with Gasteiger partial charge in [0, 0.05) is 6.20 Å². The van der Waals surface area contributed by atoms with Crippen LogP contribution < -0.4 is 5.73 Å². The summed E-state index contributed by atoms with van der Waals surface area (Å²) in [6.07, 6.45) is 1.67. The molecule has 0 saturated heterocycles. The van der Waals surface area contributed by atoms with Crippen molar-refractivity contribution in [1.29, 1.82) is 0 Å². The van der Waals surface area contributed by atoms with E-state index in [9.17, 15) is 4.79 Å². The summed E-state index contributed by atoms with van der Waals surface area (Å²) in [6.45, 7) is 2.07. The molecule has 0 atom stereocenters. The third-order valence-electron chi connectivity index (χ3n) is 1.87. The van der Waals surface area contributed by atoms with E-state index in [0.29, 0.717) is 17.8 Å². The first-order valence-corrected chi connectivity index (χ1v) is 4.50. The number of ether oxygens (including phenoxy) is 1. The lowest BCUT2D eigenvalue weighted by Gasteiger charge is -2.01. The molecule has 0 radical (unpaired) electrons. The highest BCUT2D eigenvalue weighted by atomic mass is 16.5. The summed E-state index contributed by atoms with van der Waals surface area (Å²) in [5.74, 6) is -0.290. The van der Waals surface area contributed by atoms with Crippen LogP contribution in [0, 0.1) is 0 Å². The number of hydrogen-bond donors (Lipinski definition) is 1. The van der Waals surface area contributed by atoms with Gasteiger partial charge in [0.1, 0.15) is 5.56 Å². The second-order valence-corrected chi connectivity index (χ2v) is 2.88. The maximum atomic E-state index is 11.5. The summed E-state index contributed by atoms with van der Waals surface area (Å²) in [7, 11) is 0. The lowest BCUT2D eigenvalue weighted by atomic mass is 10.3. The summed E-state index contributed by atoms with van der Waals surface area (Å²) in [5.41, 5.74) is 6.21. The van der Waals surface area contributed by atoms with Gasteiger partial charge >= 0.3 is 5.97 Å². The van der Waals surface area contributed by atoms with Crippen molar-refractivity contribution in [2.45, 2.75) is 6.92 Å². The molecule has 0 fully saturated rings. The van der Waals surface area contributed by atoms with E-state index in [4.69, 9.17) is 10.5 Å². The van der Waals surface area contributed by atoms with Crippen molar-refractivity contribution in [3.05, 3.63) is 23.9 Å². The molecule has 0 spiro atoms. The van der Waals surface area contributed by atoms with Gasteiger partial charge in [0.2, 0.25) is 5.95 Å². The van der Waals surface area contributed by atoms with Gasteiger partial charge in [0.05, 0.1) is 6.61 Å². The van der Waals surface area contributed by atoms with E-state index < -0.39 is 5.97 Å². The molecule has 2 N–H and O–H groups in total. The number of fused-ring (bicyclic) bond motifs is 1. The Morgan fingerprint density at radius 2 is 2.47 bits per heavy atom. The van der Waals surface area contributed by atoms with E-state index in [1.807, 2.05) is 0 Å². The van der Waals surface area contributed by atoms with Gasteiger partial charge in [-0.05, 0) is 19.1 Å². The van der Waals surface area contributed by atoms with Gasteiger partial charge in [-0.15, -0.1) is 5.10 Å². The van der Waals surface area contributed by atoms with Gasteiger partial charge in [0.25, 0.3) is 0 Å². The highest BCUT2D eigenvalue weighted by molar-refractivity contribution is 5.95. The number of esters is 1. The molecular weight excluding hydrogens is 196 g/mol. The van der Waals surface area contributed by atoms with Crippen LogP contribution in [0.25, 0.3) is 5.65 Å². The maximum Gasteiger partial charge on any atom is 0.341 e. The fraction of sp³-hybridized carbons (Fsp3) is 0.222. The first-order valence-electron chi connectivity index (χ1n) is 4.50. The van der Waals surface area contributed by atoms with Crippen LogP contribution in [0.3, 0.4) is 0 Å². The Morgan fingerprint density at radius 1 is 1.67 bits per heavy atom. The van der Waals surface area contributed by atoms with E-state index in [2.05, 4.69) is 10.1 Å². The smallest absolute Gasteiger partial charge is 0.341 e. The molecule has 78 valence electrons. The highest BCUT2D eigenvalue weighted by Gasteiger charge is 2.13. The van der Waals surface area contributed by atoms with Gasteiger partial charge in [-0.3, -0.25) is 0 Å². The number of anilines is 1. The van der Waals surface area contributed by atoms with Crippen LogP contribution in [-0.4, -0.2) is 27.2 Å². The molecule has 15 heavy (non-hydrogen) atoms. The second kappa shape index (κ2) is 3.56. The van der Waals surface area contributed by atoms with E-state index >= 15 is 0 Å². The van der Waals surface area contributed by atoms with Crippen molar-refractivity contribution in [2.24, 2.45) is 0 Å². The molecule has 0 bridgehead atoms. The van der Waals surface area contributed by atoms with E-state index in [-0.39, 0.29) is 5.95 Å². The molecule has 2 rings (SSSR count). The Hall–Kier alpha value is -2.11. The average Bonchev–Trinajstić information content (AvgIpc) is 2.57. The van der Waals surface area contributed by atoms with Crippen LogP contribution in [0.1, 0.15) is 17.3 Å². The quantitative estimate of drug-likeness (QED) is 0.723. The van der Waals surface area contributed by atoms with Crippen molar-refractivity contribution in [2.75, 3.05) is 12.3 Å². The SMILES string of the molecule is CCOC(=O)c1cccn2nc(N)nc12. The first-order chi connectivity index (χ1) is 7.22. The molecule has 0 saturated carbocycles. The third kappa shape index (κ3) is 1.61. The van der Waals surface area contributed by atoms with Crippen LogP contribution in [0.4, 0.5) is 5.95 Å². The lowest BCUT2D eigenvalue weighted by molar-refractivity contribution is 0.0528. The van der Waals surface area contributed by atoms with Crippen molar-refractivity contribution < 1.29 is 9.53 Å². The standard InChI is InChI=1S/C9H10N4O2/c1-2-15-8(14)6-4-3-5-13-7(6)11-9(10)12-13/h3-5H,2H2,1H3,(H2,10,12). The van der Waals surface area contributed by atoms with Crippen LogP contribution in [-0.2, 0) is 4.74 Å². The molecule has 0 aromatic carbocycles. The molecule has 6 nitrogen and oxygen atoms in total. The maximum absolute atomic E-state index is 11.5. The average molecular weight is 206 g/mol. The van der Waals surface area contributed by atoms with Crippen molar-refractivity contribution in [1.82, 2.24) is 14.6 Å². The van der Waals surface area contributed by atoms with Crippen LogP contribution in [0.2, 0.25) is 0 Å². The van der Waals surface area contributed by atoms with E-state index in [0.717, 1.165) is 0 Å². The molecule has 0 amide bonds. The number of carbonyl (C=O) groups is 1. The number of nitrogen functional groups attached to an aromatic ring is 1. The monoisotopic (exact) mass is 206 g/mol. The Balaban J connectivity index is 2.55. The van der Waals surface area contributed by atoms with E-state index in [1.165, 1.54) is 4.52 Å². The zero-order valence-electron chi connectivity index (χ0n) is 8.17. The number of rotatable bonds is 2. The lowest BCUT2D eigenvalue weighted by Crippen LogP contribution is -2.06. The summed E-state index contributed by atoms with van der Waals surface area (Å²) >= 11 is 0. The summed E-state index contributed by atoms with van der Waals surface area (Å²) in [4.78, 5) is 15.5. The van der Waals surface area contributed by atoms with Crippen LogP contribution in [0.5, 0.6) is 0 Å². The third-order valence-corrected chi connectivity index (χ3v) is 1.87. The van der Waals surface area contributed by atoms with Gasteiger partial charge in [0.15, 0.2) is 5.65 Å². The van der Waals surface area contributed by atoms with Crippen molar-refractivity contribution in [3.63, 3.8) is 0 Å². The minimum absolute atomic E-state index is 0.131. The molecule has 0 aliphatic rings. The molecule has 0 aliphatic heterocycles. The normalized spacial score (nSPS) is 10.5. The van der Waals surface area contributed by atoms with E-state index in [1.54, 1.807) is 25.3 Å². The van der Waals surface area contributed by atoms with Crippen LogP contribution >= 0.6 is 0 Å². The zero-order valence-corrected chi connectivity index (χ0v) is 8.17. The zero-order chi connectivity index (χ0) is 10.8. The predicted octanol–water partition coefficient (Wildman–Crippen LogP) is 0.488. The number of carbonyl (C=O) groups excluding carboxylic acids is 1. The molecule has 6 heteroatoms. The Morgan fingerprint density at radius 3 is 3.20 bits per heavy atom. The fourth-order valence-electron chi connectivity index (χ4n) is 1.29. The minimum atomic E-state index is -0.421. The molecular formula is C9H10N4O2. The van der Waals surface area contributed by atoms with Crippen molar-refractivity contribution in [3.8, 4) is 0 Å². The van der Waals surface area contributed by atoms with Gasteiger partial charge in [-0.2, -0.15) is 4.98 Å². The van der Waals surface area contributed by atoms with Gasteiger partial charge < -0.3 is 10.5 Å². The largest absolute Gasteiger partial charge is 0.462 e. The number of pyridine rings is 1. The summed E-state index contributed by atoms with van der Waals surface area (Å²) < 4.78 is 6.33. The minimum Gasteiger partial charge on any atom is -0.462 e. The number of nitrogens with two attached hydrogens (primary N) is 1. The number of aromatic nitrogens is 3. The van der Waals surface area contributed by atoms with Crippen LogP contribution in [0.15, 0.2) is 18.3 Å². The number of hydrogen-bond acceptors (Lipinski definition) is 5. The molecule has 2 aromatic heterocycles. The second-order valence-electron chi connectivity index (χ2n) is 2.88. The summed E-state index contributed by atoms with van der Waals surface area (Å²) in [5, 5.41) is 3.89. The first kappa shape index (κ1) is 9.45. The number of nitrogens with zero attached hydrogens (tertiary/aromatic N) is 3. The van der Waals surface area contributed by atoms with Gasteiger partial charge in [-0.25, -0.2) is 9.31 Å². The Bertz CT molecular complexity index is 506. The van der Waals surface area contributed by atoms with Crippen molar-refractivity contribution >= 4 is 17.6 Å². The topological polar surface area (TPSA) is 82.5 Å². The highest BCUT2D eigenvalue weighted by Crippen LogP contribution is 2.10.